The summed E-state index contributed by atoms with van der Waals surface area (Å²) >= 11 is 0. The largest absolute Gasteiger partial charge is 0.338 e. The quantitative estimate of drug-likeness (QED) is 0.594. The number of benzene rings is 1. The number of hydrogen-bond acceptors (Lipinski definition) is 5. The predicted octanol–water partition coefficient (Wildman–Crippen LogP) is -0.297. The molecule has 0 saturated carbocycles. The standard InChI is InChI=1S/C21H24N6O3/c1-23-19-18(20(29)24(2)21(23)30)27(13-22-19)12-17(28)26-10-16(11-26)25-8-7-14-5-3-4-6-15(14)9-25/h3-6,13,16H,7-12H2,1-2H3. The van der Waals surface area contributed by atoms with Crippen LogP contribution in [0.1, 0.15) is 11.1 Å². The average molecular weight is 408 g/mol. The van der Waals surface area contributed by atoms with Crippen LogP contribution < -0.4 is 11.2 Å². The van der Waals surface area contributed by atoms with Crippen molar-refractivity contribution in [2.24, 2.45) is 14.1 Å². The molecule has 2 aliphatic rings. The number of amides is 1. The number of rotatable bonds is 3. The van der Waals surface area contributed by atoms with Gasteiger partial charge in [0.25, 0.3) is 5.56 Å². The summed E-state index contributed by atoms with van der Waals surface area (Å²) < 4.78 is 3.91. The summed E-state index contributed by atoms with van der Waals surface area (Å²) in [6, 6.07) is 8.91. The van der Waals surface area contributed by atoms with Crippen LogP contribution in [0, 0.1) is 0 Å². The van der Waals surface area contributed by atoms with E-state index in [4.69, 9.17) is 0 Å². The number of likely N-dealkylation sites (tertiary alicyclic amines) is 1. The molecule has 0 unspecified atom stereocenters. The molecule has 0 N–H and O–H groups in total. The summed E-state index contributed by atoms with van der Waals surface area (Å²) in [5.41, 5.74) is 2.50. The van der Waals surface area contributed by atoms with Gasteiger partial charge in [-0.15, -0.1) is 0 Å². The van der Waals surface area contributed by atoms with Gasteiger partial charge in [0.05, 0.1) is 6.33 Å². The lowest BCUT2D eigenvalue weighted by Crippen LogP contribution is -2.62. The van der Waals surface area contributed by atoms with Crippen LogP contribution in [0.4, 0.5) is 0 Å². The van der Waals surface area contributed by atoms with Gasteiger partial charge in [0, 0.05) is 46.3 Å². The van der Waals surface area contributed by atoms with Gasteiger partial charge in [-0.05, 0) is 17.5 Å². The fourth-order valence-corrected chi connectivity index (χ4v) is 4.48. The minimum atomic E-state index is -0.438. The van der Waals surface area contributed by atoms with E-state index in [1.165, 1.54) is 29.1 Å². The van der Waals surface area contributed by atoms with Gasteiger partial charge in [-0.1, -0.05) is 24.3 Å². The predicted molar refractivity (Wildman–Crippen MR) is 111 cm³/mol. The Morgan fingerprint density at radius 3 is 2.60 bits per heavy atom. The third-order valence-corrected chi connectivity index (χ3v) is 6.41. The lowest BCUT2D eigenvalue weighted by Gasteiger charge is -2.47. The van der Waals surface area contributed by atoms with Crippen LogP contribution in [-0.2, 0) is 38.4 Å². The number of hydrogen-bond donors (Lipinski definition) is 0. The highest BCUT2D eigenvalue weighted by Crippen LogP contribution is 2.24. The highest BCUT2D eigenvalue weighted by Gasteiger charge is 2.36. The third-order valence-electron chi connectivity index (χ3n) is 6.41. The lowest BCUT2D eigenvalue weighted by atomic mass is 9.96. The smallest absolute Gasteiger partial charge is 0.332 e. The van der Waals surface area contributed by atoms with Crippen LogP contribution in [0.3, 0.4) is 0 Å². The highest BCUT2D eigenvalue weighted by molar-refractivity contribution is 5.79. The van der Waals surface area contributed by atoms with Crippen LogP contribution in [0.5, 0.6) is 0 Å². The maximum atomic E-state index is 12.8. The Hall–Kier alpha value is -3.20. The van der Waals surface area contributed by atoms with Crippen LogP contribution in [0.2, 0.25) is 0 Å². The Labute approximate surface area is 172 Å². The molecule has 1 saturated heterocycles. The van der Waals surface area contributed by atoms with Crippen molar-refractivity contribution in [2.75, 3.05) is 19.6 Å². The topological polar surface area (TPSA) is 85.4 Å². The molecule has 0 atom stereocenters. The van der Waals surface area contributed by atoms with Crippen molar-refractivity contribution in [3.05, 3.63) is 62.6 Å². The molecule has 1 aromatic carbocycles. The summed E-state index contributed by atoms with van der Waals surface area (Å²) in [5, 5.41) is 0. The number of nitrogens with zero attached hydrogens (tertiary/aromatic N) is 6. The monoisotopic (exact) mass is 408 g/mol. The number of carbonyl (C=O) groups is 1. The lowest BCUT2D eigenvalue weighted by molar-refractivity contribution is -0.139. The Kier molecular flexibility index (Phi) is 4.35. The van der Waals surface area contributed by atoms with Gasteiger partial charge in [-0.25, -0.2) is 9.78 Å². The zero-order valence-electron chi connectivity index (χ0n) is 17.1. The van der Waals surface area contributed by atoms with Crippen LogP contribution in [0.25, 0.3) is 11.2 Å². The average Bonchev–Trinajstić information content (AvgIpc) is 3.13. The van der Waals surface area contributed by atoms with E-state index in [2.05, 4.69) is 34.1 Å². The second kappa shape index (κ2) is 6.94. The van der Waals surface area contributed by atoms with Crippen LogP contribution in [0.15, 0.2) is 40.2 Å². The van der Waals surface area contributed by atoms with Gasteiger partial charge in [0.15, 0.2) is 11.2 Å². The molecule has 3 aromatic rings. The van der Waals surface area contributed by atoms with Crippen molar-refractivity contribution in [2.45, 2.75) is 25.6 Å². The van der Waals surface area contributed by atoms with Gasteiger partial charge < -0.3 is 9.47 Å². The zero-order chi connectivity index (χ0) is 21.0. The Morgan fingerprint density at radius 2 is 1.83 bits per heavy atom. The molecule has 0 aliphatic carbocycles. The molecule has 9 heteroatoms. The fourth-order valence-electron chi connectivity index (χ4n) is 4.48. The van der Waals surface area contributed by atoms with E-state index < -0.39 is 11.2 Å². The van der Waals surface area contributed by atoms with E-state index in [0.29, 0.717) is 24.8 Å². The Morgan fingerprint density at radius 1 is 1.10 bits per heavy atom. The second-order valence-corrected chi connectivity index (χ2v) is 8.19. The Bertz CT molecular complexity index is 1260. The molecule has 1 amide bonds. The van der Waals surface area contributed by atoms with E-state index in [0.717, 1.165) is 24.1 Å². The van der Waals surface area contributed by atoms with Crippen LogP contribution in [-0.4, -0.2) is 60.1 Å². The first-order valence-corrected chi connectivity index (χ1v) is 10.1. The summed E-state index contributed by atoms with van der Waals surface area (Å²) in [7, 11) is 3.00. The zero-order valence-corrected chi connectivity index (χ0v) is 17.1. The molecule has 30 heavy (non-hydrogen) atoms. The van der Waals surface area contributed by atoms with E-state index in [-0.39, 0.29) is 18.0 Å². The molecule has 9 nitrogen and oxygen atoms in total. The molecule has 2 aliphatic heterocycles. The van der Waals surface area contributed by atoms with Crippen molar-refractivity contribution in [3.63, 3.8) is 0 Å². The first-order valence-electron chi connectivity index (χ1n) is 10.1. The first-order chi connectivity index (χ1) is 14.4. The molecule has 4 heterocycles. The fraction of sp³-hybridized carbons (Fsp3) is 0.429. The molecule has 5 rings (SSSR count). The third kappa shape index (κ3) is 2.88. The maximum Gasteiger partial charge on any atom is 0.332 e. The van der Waals surface area contributed by atoms with E-state index >= 15 is 0 Å². The van der Waals surface area contributed by atoms with Crippen molar-refractivity contribution >= 4 is 17.1 Å². The van der Waals surface area contributed by atoms with Crippen molar-refractivity contribution in [1.29, 1.82) is 0 Å². The normalized spacial score (nSPS) is 17.2. The van der Waals surface area contributed by atoms with E-state index in [9.17, 15) is 14.4 Å². The number of carbonyl (C=O) groups excluding carboxylic acids is 1. The van der Waals surface area contributed by atoms with Gasteiger partial charge >= 0.3 is 5.69 Å². The van der Waals surface area contributed by atoms with Crippen LogP contribution >= 0.6 is 0 Å². The summed E-state index contributed by atoms with van der Waals surface area (Å²) in [6.45, 7) is 3.38. The summed E-state index contributed by atoms with van der Waals surface area (Å²) in [4.78, 5) is 45.8. The Balaban J connectivity index is 1.27. The molecule has 0 bridgehead atoms. The van der Waals surface area contributed by atoms with Crippen molar-refractivity contribution in [1.82, 2.24) is 28.5 Å². The summed E-state index contributed by atoms with van der Waals surface area (Å²) in [6.07, 6.45) is 2.51. The van der Waals surface area contributed by atoms with E-state index in [1.807, 2.05) is 4.90 Å². The van der Waals surface area contributed by atoms with Gasteiger partial charge in [-0.3, -0.25) is 23.6 Å². The molecule has 1 fully saturated rings. The SMILES string of the molecule is Cn1c(=O)c2c(ncn2CC(=O)N2CC(N3CCc4ccccc4C3)C2)n(C)c1=O. The minimum Gasteiger partial charge on any atom is -0.338 e. The minimum absolute atomic E-state index is 0.0412. The van der Waals surface area contributed by atoms with E-state index in [1.54, 1.807) is 11.6 Å². The number of fused-ring (bicyclic) bond motifs is 2. The first kappa shape index (κ1) is 18.8. The second-order valence-electron chi connectivity index (χ2n) is 8.19. The van der Waals surface area contributed by atoms with Gasteiger partial charge in [0.2, 0.25) is 5.91 Å². The van der Waals surface area contributed by atoms with Gasteiger partial charge in [0.1, 0.15) is 6.54 Å². The maximum absolute atomic E-state index is 12.8. The number of aromatic nitrogens is 4. The molecule has 0 radical (unpaired) electrons. The van der Waals surface area contributed by atoms with Crippen molar-refractivity contribution < 1.29 is 4.79 Å². The molecule has 156 valence electrons. The molecular formula is C21H24N6O3. The molecular weight excluding hydrogens is 384 g/mol. The molecule has 0 spiro atoms. The highest BCUT2D eigenvalue weighted by atomic mass is 16.2. The van der Waals surface area contributed by atoms with Crippen molar-refractivity contribution in [3.8, 4) is 0 Å². The summed E-state index contributed by atoms with van der Waals surface area (Å²) in [5.74, 6) is -0.0427. The van der Waals surface area contributed by atoms with Gasteiger partial charge in [-0.2, -0.15) is 0 Å². The number of aryl methyl sites for hydroxylation is 1. The number of imidazole rings is 1. The molecule has 2 aromatic heterocycles.